The first-order valence-electron chi connectivity index (χ1n) is 6.51. The monoisotopic (exact) mass is 319 g/mol. The van der Waals surface area contributed by atoms with Crippen molar-refractivity contribution in [2.75, 3.05) is 0 Å². The van der Waals surface area contributed by atoms with Crippen LogP contribution >= 0.6 is 22.9 Å². The van der Waals surface area contributed by atoms with Crippen LogP contribution < -0.4 is 4.74 Å². The molecule has 3 nitrogen and oxygen atoms in total. The van der Waals surface area contributed by atoms with E-state index in [2.05, 4.69) is 16.8 Å². The minimum atomic E-state index is -0.297. The van der Waals surface area contributed by atoms with Gasteiger partial charge in [0.2, 0.25) is 0 Å². The van der Waals surface area contributed by atoms with Crippen LogP contribution in [0.5, 0.6) is 5.75 Å². The van der Waals surface area contributed by atoms with Crippen LogP contribution in [0.25, 0.3) is 0 Å². The minimum Gasteiger partial charge on any atom is -0.425 e. The maximum atomic E-state index is 11.7. The minimum absolute atomic E-state index is 0.297. The Labute approximate surface area is 132 Å². The summed E-state index contributed by atoms with van der Waals surface area (Å²) in [5, 5.41) is 3.36. The summed E-state index contributed by atoms with van der Waals surface area (Å²) in [7, 11) is 0. The molecule has 21 heavy (non-hydrogen) atoms. The van der Waals surface area contributed by atoms with Gasteiger partial charge in [0.1, 0.15) is 11.4 Å². The van der Waals surface area contributed by atoms with Gasteiger partial charge in [-0.05, 0) is 31.4 Å². The van der Waals surface area contributed by atoms with Gasteiger partial charge in [-0.1, -0.05) is 29.7 Å². The lowest BCUT2D eigenvalue weighted by molar-refractivity contribution is -0.134. The van der Waals surface area contributed by atoms with Gasteiger partial charge in [0.25, 0.3) is 0 Å². The Bertz CT molecular complexity index is 685. The zero-order valence-corrected chi connectivity index (χ0v) is 13.1. The Hall–Kier alpha value is -1.83. The maximum Gasteiger partial charge on any atom is 0.311 e. The van der Waals surface area contributed by atoms with Gasteiger partial charge in [0.05, 0.1) is 10.0 Å². The molecule has 0 aliphatic carbocycles. The van der Waals surface area contributed by atoms with Gasteiger partial charge >= 0.3 is 5.97 Å². The fourth-order valence-corrected chi connectivity index (χ4v) is 2.32. The summed E-state index contributed by atoms with van der Waals surface area (Å²) in [6.07, 6.45) is 1.60. The first-order valence-corrected chi connectivity index (χ1v) is 7.77. The van der Waals surface area contributed by atoms with Crippen LogP contribution in [0.4, 0.5) is 0 Å². The van der Waals surface area contributed by atoms with Crippen LogP contribution in [0, 0.1) is 18.8 Å². The van der Waals surface area contributed by atoms with E-state index >= 15 is 0 Å². The van der Waals surface area contributed by atoms with E-state index in [0.717, 1.165) is 10.7 Å². The normalized spacial score (nSPS) is 9.81. The highest BCUT2D eigenvalue weighted by molar-refractivity contribution is 7.09. The second-order valence-electron chi connectivity index (χ2n) is 4.31. The summed E-state index contributed by atoms with van der Waals surface area (Å²) in [5.74, 6) is 6.08. The van der Waals surface area contributed by atoms with Gasteiger partial charge < -0.3 is 4.74 Å². The number of rotatable bonds is 4. The predicted octanol–water partition coefficient (Wildman–Crippen LogP) is 4.23. The number of nitrogens with zero attached hydrogens (tertiary/aromatic N) is 1. The summed E-state index contributed by atoms with van der Waals surface area (Å²) >= 11 is 7.49. The Morgan fingerprint density at radius 3 is 2.95 bits per heavy atom. The van der Waals surface area contributed by atoms with Crippen molar-refractivity contribution in [3.05, 3.63) is 45.4 Å². The Morgan fingerprint density at radius 2 is 2.24 bits per heavy atom. The predicted molar refractivity (Wildman–Crippen MR) is 84.7 cm³/mol. The van der Waals surface area contributed by atoms with Crippen LogP contribution in [0.3, 0.4) is 0 Å². The largest absolute Gasteiger partial charge is 0.425 e. The lowest BCUT2D eigenvalue weighted by Gasteiger charge is -2.04. The third-order valence-corrected chi connectivity index (χ3v) is 3.66. The lowest BCUT2D eigenvalue weighted by atomic mass is 10.2. The van der Waals surface area contributed by atoms with E-state index in [1.54, 1.807) is 35.6 Å². The summed E-state index contributed by atoms with van der Waals surface area (Å²) in [6, 6.07) is 6.92. The highest BCUT2D eigenvalue weighted by atomic mass is 35.5. The Balaban J connectivity index is 1.73. The smallest absolute Gasteiger partial charge is 0.311 e. The van der Waals surface area contributed by atoms with Crippen molar-refractivity contribution in [3.8, 4) is 17.6 Å². The molecule has 0 aliphatic rings. The Morgan fingerprint density at radius 1 is 1.43 bits per heavy atom. The van der Waals surface area contributed by atoms with E-state index in [9.17, 15) is 4.79 Å². The average Bonchev–Trinajstić information content (AvgIpc) is 2.87. The molecule has 2 rings (SSSR count). The number of carbonyl (C=O) groups excluding carboxylic acids is 1. The number of hydrogen-bond donors (Lipinski definition) is 0. The van der Waals surface area contributed by atoms with Gasteiger partial charge in [-0.15, -0.1) is 11.3 Å². The molecule has 0 fully saturated rings. The molecule has 0 atom stereocenters. The van der Waals surface area contributed by atoms with Crippen LogP contribution in [-0.2, 0) is 4.79 Å². The molecule has 0 bridgehead atoms. The van der Waals surface area contributed by atoms with Gasteiger partial charge in [-0.25, -0.2) is 4.98 Å². The van der Waals surface area contributed by atoms with Crippen LogP contribution in [-0.4, -0.2) is 11.0 Å². The number of hydrogen-bond acceptors (Lipinski definition) is 4. The molecule has 1 aromatic heterocycles. The number of para-hydroxylation sites is 1. The van der Waals surface area contributed by atoms with Gasteiger partial charge in [-0.3, -0.25) is 4.79 Å². The molecule has 0 spiro atoms. The number of halogens is 1. The van der Waals surface area contributed by atoms with E-state index in [1.807, 2.05) is 12.3 Å². The second-order valence-corrected chi connectivity index (χ2v) is 5.78. The van der Waals surface area contributed by atoms with Crippen molar-refractivity contribution in [2.45, 2.75) is 26.2 Å². The van der Waals surface area contributed by atoms with Gasteiger partial charge in [-0.2, -0.15) is 0 Å². The van der Waals surface area contributed by atoms with Crippen LogP contribution in [0.1, 0.15) is 30.0 Å². The highest BCUT2D eigenvalue weighted by Gasteiger charge is 2.06. The number of carbonyl (C=O) groups is 1. The van der Waals surface area contributed by atoms with Crippen molar-refractivity contribution in [1.29, 1.82) is 0 Å². The molecule has 0 amide bonds. The van der Waals surface area contributed by atoms with E-state index in [0.29, 0.717) is 30.0 Å². The quantitative estimate of drug-likeness (QED) is 0.366. The summed E-state index contributed by atoms with van der Waals surface area (Å²) in [6.45, 7) is 1.95. The zero-order valence-electron chi connectivity index (χ0n) is 11.6. The molecule has 5 heteroatoms. The molecule has 0 saturated carbocycles. The molecular weight excluding hydrogens is 306 g/mol. The second kappa shape index (κ2) is 7.82. The maximum absolute atomic E-state index is 11.7. The van der Waals surface area contributed by atoms with Crippen molar-refractivity contribution in [3.63, 3.8) is 0 Å². The number of ether oxygens (including phenoxy) is 1. The molecule has 0 saturated heterocycles. The SMILES string of the molecule is Cc1nc(C#CCCCC(=O)Oc2ccccc2Cl)cs1. The van der Waals surface area contributed by atoms with Crippen molar-refractivity contribution in [1.82, 2.24) is 4.98 Å². The number of aryl methyl sites for hydroxylation is 1. The fraction of sp³-hybridized carbons (Fsp3) is 0.250. The number of aromatic nitrogens is 1. The summed E-state index contributed by atoms with van der Waals surface area (Å²) in [5.41, 5.74) is 0.788. The van der Waals surface area contributed by atoms with Gasteiger partial charge in [0, 0.05) is 18.2 Å². The molecule has 0 unspecified atom stereocenters. The van der Waals surface area contributed by atoms with Crippen molar-refractivity contribution < 1.29 is 9.53 Å². The standard InChI is InChI=1S/C16H14ClNO2S/c1-12-18-13(11-21-12)7-3-2-4-10-16(19)20-15-9-6-5-8-14(15)17/h5-6,8-9,11H,2,4,10H2,1H3. The molecular formula is C16H14ClNO2S. The zero-order chi connectivity index (χ0) is 15.1. The molecule has 2 aromatic rings. The number of benzene rings is 1. The first kappa shape index (κ1) is 15.6. The van der Waals surface area contributed by atoms with Crippen LogP contribution in [0.15, 0.2) is 29.6 Å². The fourth-order valence-electron chi connectivity index (χ4n) is 1.60. The van der Waals surface area contributed by atoms with E-state index in [4.69, 9.17) is 16.3 Å². The third kappa shape index (κ3) is 5.22. The van der Waals surface area contributed by atoms with Crippen LogP contribution in [0.2, 0.25) is 5.02 Å². The summed E-state index contributed by atoms with van der Waals surface area (Å²) in [4.78, 5) is 15.9. The number of unbranched alkanes of at least 4 members (excludes halogenated alkanes) is 1. The van der Waals surface area contributed by atoms with E-state index in [1.165, 1.54) is 0 Å². The number of thiazole rings is 1. The first-order chi connectivity index (χ1) is 10.1. The lowest BCUT2D eigenvalue weighted by Crippen LogP contribution is -2.07. The number of esters is 1. The van der Waals surface area contributed by atoms with Crippen molar-refractivity contribution in [2.24, 2.45) is 0 Å². The molecule has 1 heterocycles. The third-order valence-electron chi connectivity index (χ3n) is 2.58. The molecule has 0 radical (unpaired) electrons. The average molecular weight is 320 g/mol. The van der Waals surface area contributed by atoms with E-state index < -0.39 is 0 Å². The van der Waals surface area contributed by atoms with Gasteiger partial charge in [0.15, 0.2) is 0 Å². The molecule has 1 aromatic carbocycles. The van der Waals surface area contributed by atoms with Crippen molar-refractivity contribution >= 4 is 28.9 Å². The molecule has 108 valence electrons. The topological polar surface area (TPSA) is 39.2 Å². The molecule has 0 N–H and O–H groups in total. The van der Waals surface area contributed by atoms with E-state index in [-0.39, 0.29) is 5.97 Å². The molecule has 0 aliphatic heterocycles. The highest BCUT2D eigenvalue weighted by Crippen LogP contribution is 2.23. The summed E-state index contributed by atoms with van der Waals surface area (Å²) < 4.78 is 5.18. The Kier molecular flexibility index (Phi) is 5.79.